The Morgan fingerprint density at radius 3 is 2.77 bits per heavy atom. The van der Waals surface area contributed by atoms with Crippen molar-refractivity contribution in [2.24, 2.45) is 0 Å². The molecule has 2 aliphatic rings. The van der Waals surface area contributed by atoms with Crippen LogP contribution in [0.15, 0.2) is 47.4 Å². The number of hydrogen-bond acceptors (Lipinski definition) is 4. The molecule has 2 aromatic carbocycles. The summed E-state index contributed by atoms with van der Waals surface area (Å²) in [6, 6.07) is 11.4. The van der Waals surface area contributed by atoms with Gasteiger partial charge in [0, 0.05) is 24.3 Å². The van der Waals surface area contributed by atoms with Crippen LogP contribution < -0.4 is 15.5 Å². The van der Waals surface area contributed by atoms with Crippen LogP contribution in [-0.2, 0) is 6.54 Å². The molecule has 0 atom stereocenters. The van der Waals surface area contributed by atoms with Gasteiger partial charge in [-0.05, 0) is 31.0 Å². The second-order valence-corrected chi connectivity index (χ2v) is 6.72. The van der Waals surface area contributed by atoms with Gasteiger partial charge in [0.2, 0.25) is 5.43 Å². The van der Waals surface area contributed by atoms with Crippen LogP contribution in [-0.4, -0.2) is 15.6 Å². The summed E-state index contributed by atoms with van der Waals surface area (Å²) in [5.74, 6) is 0.117. The number of pyridine rings is 1. The van der Waals surface area contributed by atoms with Crippen LogP contribution in [0.2, 0.25) is 0 Å². The van der Waals surface area contributed by atoms with E-state index in [1.165, 1.54) is 6.20 Å². The van der Waals surface area contributed by atoms with E-state index in [0.717, 1.165) is 24.1 Å². The molecule has 2 N–H and O–H groups in total. The first-order valence-corrected chi connectivity index (χ1v) is 8.58. The summed E-state index contributed by atoms with van der Waals surface area (Å²) in [7, 11) is 0. The van der Waals surface area contributed by atoms with Crippen molar-refractivity contribution < 1.29 is 14.6 Å². The van der Waals surface area contributed by atoms with Crippen molar-refractivity contribution in [3.63, 3.8) is 0 Å². The minimum absolute atomic E-state index is 0.198. The molecule has 1 fully saturated rings. The number of hydrogen-bond donors (Lipinski definition) is 2. The van der Waals surface area contributed by atoms with Crippen LogP contribution in [0.25, 0.3) is 10.9 Å². The number of aromatic carboxylic acids is 1. The molecule has 0 saturated heterocycles. The molecule has 0 unspecified atom stereocenters. The molecule has 0 spiro atoms. The van der Waals surface area contributed by atoms with E-state index >= 15 is 0 Å². The Labute approximate surface area is 148 Å². The molecule has 6 heteroatoms. The van der Waals surface area contributed by atoms with Crippen molar-refractivity contribution >= 4 is 22.6 Å². The van der Waals surface area contributed by atoms with Crippen LogP contribution in [0.1, 0.15) is 34.8 Å². The lowest BCUT2D eigenvalue weighted by molar-refractivity contribution is 0.0695. The Balaban J connectivity index is 1.84. The highest BCUT2D eigenvalue weighted by molar-refractivity contribution is 5.95. The van der Waals surface area contributed by atoms with Gasteiger partial charge in [-0.2, -0.15) is 0 Å². The standard InChI is InChI=1S/C20H16N2O4/c23-18-13-8-5-11-9-21-15-3-1-2-4-16(15)26-19(11)17(13)22(12-6-7-12)10-14(18)20(24)25/h1-5,8,10,12,21H,6-7,9H2,(H,24,25). The molecule has 2 heterocycles. The van der Waals surface area contributed by atoms with Crippen LogP contribution in [0.5, 0.6) is 11.5 Å². The smallest absolute Gasteiger partial charge is 0.341 e. The lowest BCUT2D eigenvalue weighted by Gasteiger charge is -2.17. The molecule has 3 aromatic rings. The summed E-state index contributed by atoms with van der Waals surface area (Å²) in [5, 5.41) is 13.1. The summed E-state index contributed by atoms with van der Waals surface area (Å²) in [6.45, 7) is 0.571. The van der Waals surface area contributed by atoms with E-state index in [1.807, 2.05) is 34.9 Å². The van der Waals surface area contributed by atoms with Gasteiger partial charge in [-0.3, -0.25) is 4.79 Å². The zero-order chi connectivity index (χ0) is 17.8. The zero-order valence-electron chi connectivity index (χ0n) is 13.9. The first kappa shape index (κ1) is 15.0. The topological polar surface area (TPSA) is 80.6 Å². The van der Waals surface area contributed by atoms with Crippen molar-refractivity contribution in [2.45, 2.75) is 25.4 Å². The average Bonchev–Trinajstić information content (AvgIpc) is 3.47. The van der Waals surface area contributed by atoms with Crippen LogP contribution >= 0.6 is 0 Å². The van der Waals surface area contributed by atoms with Crippen molar-refractivity contribution in [1.29, 1.82) is 0 Å². The molecule has 0 radical (unpaired) electrons. The first-order chi connectivity index (χ1) is 12.6. The predicted octanol–water partition coefficient (Wildman–Crippen LogP) is 3.75. The summed E-state index contributed by atoms with van der Waals surface area (Å²) in [5.41, 5.74) is 1.83. The van der Waals surface area contributed by atoms with Gasteiger partial charge in [0.05, 0.1) is 16.6 Å². The van der Waals surface area contributed by atoms with E-state index in [1.54, 1.807) is 6.07 Å². The Morgan fingerprint density at radius 1 is 1.19 bits per heavy atom. The van der Waals surface area contributed by atoms with Crippen molar-refractivity contribution in [3.8, 4) is 11.5 Å². The van der Waals surface area contributed by atoms with Gasteiger partial charge < -0.3 is 19.7 Å². The maximum Gasteiger partial charge on any atom is 0.341 e. The Bertz CT molecular complexity index is 1130. The number of para-hydroxylation sites is 2. The number of carboxylic acids is 1. The molecule has 1 aliphatic heterocycles. The van der Waals surface area contributed by atoms with E-state index in [2.05, 4.69) is 5.32 Å². The minimum Gasteiger partial charge on any atom is -0.477 e. The Kier molecular flexibility index (Phi) is 3.09. The van der Waals surface area contributed by atoms with Crippen molar-refractivity contribution in [3.05, 3.63) is 63.9 Å². The predicted molar refractivity (Wildman–Crippen MR) is 97.3 cm³/mol. The second-order valence-electron chi connectivity index (χ2n) is 6.72. The lowest BCUT2D eigenvalue weighted by atomic mass is 10.1. The van der Waals surface area contributed by atoms with E-state index in [4.69, 9.17) is 4.74 Å². The maximum atomic E-state index is 12.7. The number of ether oxygens (including phenoxy) is 1. The van der Waals surface area contributed by atoms with Gasteiger partial charge in [0.1, 0.15) is 5.56 Å². The van der Waals surface area contributed by atoms with E-state index in [-0.39, 0.29) is 11.6 Å². The molecule has 1 saturated carbocycles. The van der Waals surface area contributed by atoms with Crippen LogP contribution in [0.4, 0.5) is 5.69 Å². The second kappa shape index (κ2) is 5.36. The number of fused-ring (bicyclic) bond motifs is 4. The monoisotopic (exact) mass is 348 g/mol. The highest BCUT2D eigenvalue weighted by Gasteiger charge is 2.29. The van der Waals surface area contributed by atoms with Gasteiger partial charge in [-0.1, -0.05) is 18.2 Å². The van der Waals surface area contributed by atoms with E-state index < -0.39 is 11.4 Å². The van der Waals surface area contributed by atoms with Gasteiger partial charge in [0.15, 0.2) is 11.5 Å². The summed E-state index contributed by atoms with van der Waals surface area (Å²) < 4.78 is 8.13. The number of rotatable bonds is 2. The molecule has 5 rings (SSSR count). The fraction of sp³-hybridized carbons (Fsp3) is 0.200. The number of carboxylic acid groups (broad SMARTS) is 1. The summed E-state index contributed by atoms with van der Waals surface area (Å²) >= 11 is 0. The van der Waals surface area contributed by atoms with E-state index in [0.29, 0.717) is 28.9 Å². The van der Waals surface area contributed by atoms with Gasteiger partial charge in [-0.15, -0.1) is 0 Å². The average molecular weight is 348 g/mol. The molecule has 0 amide bonds. The van der Waals surface area contributed by atoms with Crippen molar-refractivity contribution in [2.75, 3.05) is 5.32 Å². The highest BCUT2D eigenvalue weighted by atomic mass is 16.5. The van der Waals surface area contributed by atoms with Crippen molar-refractivity contribution in [1.82, 2.24) is 4.57 Å². The number of anilines is 1. The number of nitrogens with zero attached hydrogens (tertiary/aromatic N) is 1. The minimum atomic E-state index is -1.20. The zero-order valence-corrected chi connectivity index (χ0v) is 13.9. The summed E-state index contributed by atoms with van der Waals surface area (Å²) in [4.78, 5) is 24.2. The molecule has 1 aromatic heterocycles. The number of carbonyl (C=O) groups is 1. The molecular formula is C20H16N2O4. The molecule has 0 bridgehead atoms. The quantitative estimate of drug-likeness (QED) is 0.737. The third-order valence-electron chi connectivity index (χ3n) is 4.97. The number of aromatic nitrogens is 1. The molecule has 6 nitrogen and oxygen atoms in total. The largest absolute Gasteiger partial charge is 0.477 e. The number of benzene rings is 2. The summed E-state index contributed by atoms with van der Waals surface area (Å²) in [6.07, 6.45) is 3.41. The highest BCUT2D eigenvalue weighted by Crippen LogP contribution is 2.43. The fourth-order valence-corrected chi connectivity index (χ4v) is 3.51. The molecule has 130 valence electrons. The third-order valence-corrected chi connectivity index (χ3v) is 4.97. The maximum absolute atomic E-state index is 12.7. The van der Waals surface area contributed by atoms with Gasteiger partial charge in [-0.25, -0.2) is 4.79 Å². The molecule has 26 heavy (non-hydrogen) atoms. The SMILES string of the molecule is O=C(O)c1cn(C2CC2)c2c3c(ccc2c1=O)CNc1ccccc1O3. The Hall–Kier alpha value is -3.28. The first-order valence-electron chi connectivity index (χ1n) is 8.58. The normalized spacial score (nSPS) is 15.4. The third kappa shape index (κ3) is 2.19. The fourth-order valence-electron chi connectivity index (χ4n) is 3.51. The Morgan fingerprint density at radius 2 is 2.00 bits per heavy atom. The van der Waals surface area contributed by atoms with E-state index in [9.17, 15) is 14.7 Å². The van der Waals surface area contributed by atoms with Gasteiger partial charge in [0.25, 0.3) is 0 Å². The van der Waals surface area contributed by atoms with Crippen LogP contribution in [0, 0.1) is 0 Å². The molecule has 1 aliphatic carbocycles. The lowest BCUT2D eigenvalue weighted by Crippen LogP contribution is -2.19. The van der Waals surface area contributed by atoms with Crippen LogP contribution in [0.3, 0.4) is 0 Å². The van der Waals surface area contributed by atoms with Gasteiger partial charge >= 0.3 is 5.97 Å². The number of nitrogens with one attached hydrogen (secondary N) is 1. The molecular weight excluding hydrogens is 332 g/mol.